The third-order valence-corrected chi connectivity index (χ3v) is 4.20. The van der Waals surface area contributed by atoms with E-state index in [1.54, 1.807) is 13.0 Å². The van der Waals surface area contributed by atoms with Crippen LogP contribution >= 0.6 is 11.8 Å². The van der Waals surface area contributed by atoms with E-state index >= 15 is 0 Å². The molecule has 7 nitrogen and oxygen atoms in total. The Morgan fingerprint density at radius 1 is 1.33 bits per heavy atom. The van der Waals surface area contributed by atoms with E-state index < -0.39 is 4.92 Å². The number of benzene rings is 2. The van der Waals surface area contributed by atoms with E-state index in [1.807, 2.05) is 24.3 Å². The Balaban J connectivity index is 1.66. The van der Waals surface area contributed by atoms with Gasteiger partial charge in [0.05, 0.1) is 21.7 Å². The van der Waals surface area contributed by atoms with Crippen LogP contribution in [0, 0.1) is 17.0 Å². The van der Waals surface area contributed by atoms with Crippen LogP contribution in [0.15, 0.2) is 47.6 Å². The van der Waals surface area contributed by atoms with Gasteiger partial charge >= 0.3 is 0 Å². The molecule has 1 heterocycles. The zero-order chi connectivity index (χ0) is 17.1. The number of carbonyl (C=O) groups is 1. The lowest BCUT2D eigenvalue weighted by molar-refractivity contribution is -0.384. The molecule has 3 rings (SSSR count). The lowest BCUT2D eigenvalue weighted by Crippen LogP contribution is -2.15. The first-order valence-corrected chi connectivity index (χ1v) is 8.14. The van der Waals surface area contributed by atoms with Gasteiger partial charge in [-0.15, -0.1) is 0 Å². The molecule has 1 aromatic heterocycles. The number of carbonyl (C=O) groups excluding carboxylic acids is 1. The first-order valence-electron chi connectivity index (χ1n) is 7.15. The molecule has 0 unspecified atom stereocenters. The standard InChI is InChI=1S/C16H14N4O3S/c1-10-6-7-13(14(8-10)20(22)23)17-15(21)9-24-16-18-11-4-2-3-5-12(11)19-16/h2-8H,9H2,1H3,(H,17,21)(H,18,19). The van der Waals surface area contributed by atoms with Gasteiger partial charge in [0, 0.05) is 6.07 Å². The largest absolute Gasteiger partial charge is 0.333 e. The van der Waals surface area contributed by atoms with Gasteiger partial charge < -0.3 is 10.3 Å². The predicted octanol–water partition coefficient (Wildman–Crippen LogP) is 3.51. The van der Waals surface area contributed by atoms with Crippen LogP contribution in [0.25, 0.3) is 11.0 Å². The molecule has 0 saturated carbocycles. The molecule has 0 atom stereocenters. The van der Waals surface area contributed by atoms with E-state index in [4.69, 9.17) is 0 Å². The Morgan fingerprint density at radius 2 is 2.12 bits per heavy atom. The Bertz CT molecular complexity index is 890. The van der Waals surface area contributed by atoms with E-state index in [-0.39, 0.29) is 23.0 Å². The molecular weight excluding hydrogens is 328 g/mol. The minimum Gasteiger partial charge on any atom is -0.333 e. The van der Waals surface area contributed by atoms with Gasteiger partial charge in [-0.2, -0.15) is 0 Å². The molecule has 0 saturated heterocycles. The number of nitro benzene ring substituents is 1. The zero-order valence-electron chi connectivity index (χ0n) is 12.8. The fourth-order valence-electron chi connectivity index (χ4n) is 2.22. The fourth-order valence-corrected chi connectivity index (χ4v) is 2.90. The molecule has 1 amide bonds. The third kappa shape index (κ3) is 3.54. The Morgan fingerprint density at radius 3 is 2.88 bits per heavy atom. The number of imidazole rings is 1. The van der Waals surface area contributed by atoms with Gasteiger partial charge in [0.15, 0.2) is 5.16 Å². The lowest BCUT2D eigenvalue weighted by atomic mass is 10.2. The van der Waals surface area contributed by atoms with Crippen LogP contribution in [-0.2, 0) is 4.79 Å². The summed E-state index contributed by atoms with van der Waals surface area (Å²) in [5.74, 6) is -0.224. The fraction of sp³-hybridized carbons (Fsp3) is 0.125. The third-order valence-electron chi connectivity index (χ3n) is 3.33. The molecule has 24 heavy (non-hydrogen) atoms. The highest BCUT2D eigenvalue weighted by molar-refractivity contribution is 7.99. The highest BCUT2D eigenvalue weighted by Gasteiger charge is 2.16. The number of aryl methyl sites for hydroxylation is 1. The number of rotatable bonds is 5. The predicted molar refractivity (Wildman–Crippen MR) is 93.3 cm³/mol. The molecule has 0 radical (unpaired) electrons. The molecule has 2 aromatic carbocycles. The van der Waals surface area contributed by atoms with Gasteiger partial charge in [0.25, 0.3) is 5.69 Å². The van der Waals surface area contributed by atoms with Gasteiger partial charge in [-0.3, -0.25) is 14.9 Å². The summed E-state index contributed by atoms with van der Waals surface area (Å²) in [4.78, 5) is 30.1. The first-order chi connectivity index (χ1) is 11.5. The van der Waals surface area contributed by atoms with E-state index in [2.05, 4.69) is 15.3 Å². The number of amides is 1. The Hall–Kier alpha value is -2.87. The van der Waals surface area contributed by atoms with Crippen LogP contribution in [0.1, 0.15) is 5.56 Å². The van der Waals surface area contributed by atoms with Crippen molar-refractivity contribution in [1.29, 1.82) is 0 Å². The highest BCUT2D eigenvalue weighted by atomic mass is 32.2. The number of H-pyrrole nitrogens is 1. The number of aromatic nitrogens is 2. The minimum atomic E-state index is -0.505. The van der Waals surface area contributed by atoms with Gasteiger partial charge in [0.1, 0.15) is 5.69 Å². The van der Waals surface area contributed by atoms with Crippen molar-refractivity contribution in [2.75, 3.05) is 11.1 Å². The Kier molecular flexibility index (Phi) is 4.48. The van der Waals surface area contributed by atoms with Crippen molar-refractivity contribution >= 4 is 40.1 Å². The number of thioether (sulfide) groups is 1. The SMILES string of the molecule is Cc1ccc(NC(=O)CSc2nc3ccccc3[nH]2)c([N+](=O)[O-])c1. The number of nitrogens with zero attached hydrogens (tertiary/aromatic N) is 2. The average Bonchev–Trinajstić information content (AvgIpc) is 2.97. The van der Waals surface area contributed by atoms with Crippen LogP contribution in [0.4, 0.5) is 11.4 Å². The van der Waals surface area contributed by atoms with E-state index in [0.717, 1.165) is 16.6 Å². The summed E-state index contributed by atoms with van der Waals surface area (Å²) in [6, 6.07) is 12.3. The zero-order valence-corrected chi connectivity index (χ0v) is 13.6. The molecule has 0 aliphatic heterocycles. The second-order valence-corrected chi connectivity index (χ2v) is 6.14. The topological polar surface area (TPSA) is 101 Å². The van der Waals surface area contributed by atoms with Crippen molar-refractivity contribution in [2.24, 2.45) is 0 Å². The minimum absolute atomic E-state index is 0.102. The molecule has 0 spiro atoms. The summed E-state index contributed by atoms with van der Waals surface area (Å²) in [7, 11) is 0. The van der Waals surface area contributed by atoms with Crippen LogP contribution in [0.5, 0.6) is 0 Å². The summed E-state index contributed by atoms with van der Waals surface area (Å²) < 4.78 is 0. The van der Waals surface area contributed by atoms with Crippen LogP contribution in [-0.4, -0.2) is 26.6 Å². The van der Waals surface area contributed by atoms with Crippen molar-refractivity contribution in [3.8, 4) is 0 Å². The number of anilines is 1. The number of hydrogen-bond acceptors (Lipinski definition) is 5. The average molecular weight is 342 g/mol. The maximum absolute atomic E-state index is 12.1. The van der Waals surface area contributed by atoms with Crippen molar-refractivity contribution in [3.63, 3.8) is 0 Å². The molecule has 2 N–H and O–H groups in total. The quantitative estimate of drug-likeness (QED) is 0.420. The van der Waals surface area contributed by atoms with E-state index in [9.17, 15) is 14.9 Å². The van der Waals surface area contributed by atoms with Crippen molar-refractivity contribution < 1.29 is 9.72 Å². The van der Waals surface area contributed by atoms with Crippen LogP contribution in [0.3, 0.4) is 0 Å². The van der Waals surface area contributed by atoms with Gasteiger partial charge in [-0.25, -0.2) is 4.98 Å². The van der Waals surface area contributed by atoms with Gasteiger partial charge in [-0.05, 0) is 30.7 Å². The number of nitrogens with one attached hydrogen (secondary N) is 2. The number of fused-ring (bicyclic) bond motifs is 1. The first kappa shape index (κ1) is 16.0. The van der Waals surface area contributed by atoms with Crippen molar-refractivity contribution in [2.45, 2.75) is 12.1 Å². The number of para-hydroxylation sites is 2. The molecule has 0 bridgehead atoms. The number of hydrogen-bond donors (Lipinski definition) is 2. The summed E-state index contributed by atoms with van der Waals surface area (Å²) in [6.45, 7) is 1.76. The maximum Gasteiger partial charge on any atom is 0.293 e. The van der Waals surface area contributed by atoms with Gasteiger partial charge in [-0.1, -0.05) is 30.0 Å². The van der Waals surface area contributed by atoms with Crippen molar-refractivity contribution in [1.82, 2.24) is 9.97 Å². The second-order valence-electron chi connectivity index (χ2n) is 5.17. The normalized spacial score (nSPS) is 10.7. The van der Waals surface area contributed by atoms with Gasteiger partial charge in [0.2, 0.25) is 5.91 Å². The maximum atomic E-state index is 12.1. The molecule has 0 aliphatic rings. The molecule has 0 aliphatic carbocycles. The summed E-state index contributed by atoms with van der Waals surface area (Å²) in [5.41, 5.74) is 2.57. The number of nitro groups is 1. The molecule has 8 heteroatoms. The molecule has 0 fully saturated rings. The number of aromatic amines is 1. The summed E-state index contributed by atoms with van der Waals surface area (Å²) in [5, 5.41) is 14.3. The summed E-state index contributed by atoms with van der Waals surface area (Å²) >= 11 is 1.24. The summed E-state index contributed by atoms with van der Waals surface area (Å²) in [6.07, 6.45) is 0. The van der Waals surface area contributed by atoms with E-state index in [0.29, 0.717) is 5.16 Å². The monoisotopic (exact) mass is 342 g/mol. The van der Waals surface area contributed by atoms with Crippen molar-refractivity contribution in [3.05, 3.63) is 58.1 Å². The molecule has 122 valence electrons. The second kappa shape index (κ2) is 6.71. The van der Waals surface area contributed by atoms with Crippen LogP contribution < -0.4 is 5.32 Å². The van der Waals surface area contributed by atoms with E-state index in [1.165, 1.54) is 23.9 Å². The lowest BCUT2D eigenvalue weighted by Gasteiger charge is -2.06. The molecule has 3 aromatic rings. The Labute approximate surface area is 141 Å². The highest BCUT2D eigenvalue weighted by Crippen LogP contribution is 2.26. The smallest absolute Gasteiger partial charge is 0.293 e. The molecular formula is C16H14N4O3S. The van der Waals surface area contributed by atoms with Crippen LogP contribution in [0.2, 0.25) is 0 Å².